The van der Waals surface area contributed by atoms with E-state index in [9.17, 15) is 9.90 Å². The summed E-state index contributed by atoms with van der Waals surface area (Å²) in [5.41, 5.74) is 1.29. The minimum atomic E-state index is -0.0527. The molecule has 3 saturated carbocycles. The fourth-order valence-electron chi connectivity index (χ4n) is 7.27. The molecule has 0 unspecified atom stereocenters. The van der Waals surface area contributed by atoms with Crippen molar-refractivity contribution in [1.29, 1.82) is 0 Å². The summed E-state index contributed by atoms with van der Waals surface area (Å²) in [5.74, 6) is 2.54. The highest BCUT2D eigenvalue weighted by molar-refractivity contribution is 5.69. The van der Waals surface area contributed by atoms with Gasteiger partial charge in [0.1, 0.15) is 5.75 Å². The van der Waals surface area contributed by atoms with Crippen LogP contribution in [0.5, 0.6) is 5.75 Å². The second kappa shape index (κ2) is 13.0. The lowest BCUT2D eigenvalue weighted by molar-refractivity contribution is -0.145. The number of phenols is 1. The number of rotatable bonds is 9. The lowest BCUT2D eigenvalue weighted by atomic mass is 9.70. The van der Waals surface area contributed by atoms with E-state index in [1.54, 1.807) is 0 Å². The van der Waals surface area contributed by atoms with E-state index in [-0.39, 0.29) is 5.97 Å². The first-order valence-electron chi connectivity index (χ1n) is 14.3. The molecular formula is C30H47NO3. The average molecular weight is 470 g/mol. The third kappa shape index (κ3) is 6.99. The van der Waals surface area contributed by atoms with Gasteiger partial charge in [-0.25, -0.2) is 0 Å². The van der Waals surface area contributed by atoms with Crippen LogP contribution in [0.3, 0.4) is 0 Å². The van der Waals surface area contributed by atoms with E-state index in [0.717, 1.165) is 18.3 Å². The largest absolute Gasteiger partial charge is 0.508 e. The number of hydrogen-bond acceptors (Lipinski definition) is 4. The number of carbonyl (C=O) groups excluding carboxylic acids is 1. The topological polar surface area (TPSA) is 49.8 Å². The van der Waals surface area contributed by atoms with E-state index >= 15 is 0 Å². The van der Waals surface area contributed by atoms with Gasteiger partial charge in [-0.15, -0.1) is 0 Å². The van der Waals surface area contributed by atoms with Crippen molar-refractivity contribution in [2.24, 2.45) is 17.8 Å². The van der Waals surface area contributed by atoms with Crippen LogP contribution in [-0.4, -0.2) is 41.7 Å². The van der Waals surface area contributed by atoms with Crippen molar-refractivity contribution in [1.82, 2.24) is 4.90 Å². The molecule has 3 fully saturated rings. The molecule has 190 valence electrons. The van der Waals surface area contributed by atoms with Crippen LogP contribution >= 0.6 is 0 Å². The molecule has 0 amide bonds. The van der Waals surface area contributed by atoms with Crippen LogP contribution in [0.2, 0.25) is 0 Å². The summed E-state index contributed by atoms with van der Waals surface area (Å²) in [7, 11) is 0. The first-order valence-corrected chi connectivity index (χ1v) is 14.3. The summed E-state index contributed by atoms with van der Waals surface area (Å²) in [4.78, 5) is 15.5. The van der Waals surface area contributed by atoms with Gasteiger partial charge in [-0.05, 0) is 80.9 Å². The number of hydrogen-bond donors (Lipinski definition) is 1. The summed E-state index contributed by atoms with van der Waals surface area (Å²) < 4.78 is 5.39. The molecule has 1 aromatic rings. The molecule has 0 bridgehead atoms. The van der Waals surface area contributed by atoms with Crippen LogP contribution in [0.25, 0.3) is 0 Å². The van der Waals surface area contributed by atoms with Crippen LogP contribution < -0.4 is 0 Å². The summed E-state index contributed by atoms with van der Waals surface area (Å²) in [6.07, 6.45) is 17.9. The van der Waals surface area contributed by atoms with Gasteiger partial charge in [-0.2, -0.15) is 0 Å². The zero-order valence-electron chi connectivity index (χ0n) is 21.4. The summed E-state index contributed by atoms with van der Waals surface area (Å²) >= 11 is 0. The molecule has 3 aliphatic rings. The Morgan fingerprint density at radius 3 is 2.00 bits per heavy atom. The number of benzene rings is 1. The van der Waals surface area contributed by atoms with Crippen LogP contribution in [-0.2, 0) is 9.53 Å². The number of nitrogens with zero attached hydrogens (tertiary/aromatic N) is 1. The molecule has 1 aromatic carbocycles. The highest BCUT2D eigenvalue weighted by Crippen LogP contribution is 2.44. The average Bonchev–Trinajstić information content (AvgIpc) is 2.86. The molecule has 3 aliphatic carbocycles. The van der Waals surface area contributed by atoms with E-state index in [0.29, 0.717) is 36.7 Å². The molecular weight excluding hydrogens is 422 g/mol. The Morgan fingerprint density at radius 2 is 1.44 bits per heavy atom. The maximum absolute atomic E-state index is 12.6. The van der Waals surface area contributed by atoms with Crippen LogP contribution in [0.1, 0.15) is 108 Å². The molecule has 0 saturated heterocycles. The molecule has 34 heavy (non-hydrogen) atoms. The smallest absolute Gasteiger partial charge is 0.306 e. The normalized spacial score (nSPS) is 27.1. The van der Waals surface area contributed by atoms with Crippen molar-refractivity contribution in [3.63, 3.8) is 0 Å². The Bertz CT molecular complexity index is 716. The van der Waals surface area contributed by atoms with Crippen molar-refractivity contribution in [3.05, 3.63) is 29.8 Å². The van der Waals surface area contributed by atoms with Crippen molar-refractivity contribution in [2.75, 3.05) is 19.7 Å². The molecule has 0 aliphatic heterocycles. The quantitative estimate of drug-likeness (QED) is 0.393. The monoisotopic (exact) mass is 469 g/mol. The van der Waals surface area contributed by atoms with Gasteiger partial charge in [0.2, 0.25) is 0 Å². The van der Waals surface area contributed by atoms with Crippen molar-refractivity contribution in [3.8, 4) is 5.75 Å². The molecule has 4 heteroatoms. The highest BCUT2D eigenvalue weighted by Gasteiger charge is 2.40. The number of phenolic OH excluding ortho intramolecular Hbond substituents is 1. The SMILES string of the molecule is CCOC(=O)C[C@H]1CCC[C@@H](N(CC2CCCCC2)CC2CCCCC2)[C@@H]1c1ccc(O)cc1. The van der Waals surface area contributed by atoms with E-state index in [4.69, 9.17) is 4.74 Å². The Morgan fingerprint density at radius 1 is 0.853 bits per heavy atom. The second-order valence-electron chi connectivity index (χ2n) is 11.3. The molecule has 1 N–H and O–H groups in total. The van der Waals surface area contributed by atoms with Crippen LogP contribution in [0.15, 0.2) is 24.3 Å². The number of aromatic hydroxyl groups is 1. The lowest BCUT2D eigenvalue weighted by Gasteiger charge is -2.47. The fraction of sp³-hybridized carbons (Fsp3) is 0.767. The Balaban J connectivity index is 1.60. The number of carbonyl (C=O) groups is 1. The molecule has 4 rings (SSSR count). The Hall–Kier alpha value is -1.55. The van der Waals surface area contributed by atoms with Crippen LogP contribution in [0, 0.1) is 17.8 Å². The Kier molecular flexibility index (Phi) is 9.73. The Labute approximate surface area is 207 Å². The van der Waals surface area contributed by atoms with Gasteiger partial charge in [0, 0.05) is 31.5 Å². The minimum Gasteiger partial charge on any atom is -0.508 e. The lowest BCUT2D eigenvalue weighted by Crippen LogP contribution is -2.49. The maximum atomic E-state index is 12.6. The van der Waals surface area contributed by atoms with E-state index in [2.05, 4.69) is 17.0 Å². The number of ether oxygens (including phenoxy) is 1. The van der Waals surface area contributed by atoms with Gasteiger partial charge < -0.3 is 9.84 Å². The van der Waals surface area contributed by atoms with E-state index < -0.39 is 0 Å². The fourth-order valence-corrected chi connectivity index (χ4v) is 7.27. The molecule has 0 radical (unpaired) electrons. The van der Waals surface area contributed by atoms with Gasteiger partial charge in [0.25, 0.3) is 0 Å². The molecule has 0 spiro atoms. The number of esters is 1. The predicted molar refractivity (Wildman–Crippen MR) is 138 cm³/mol. The van der Waals surface area contributed by atoms with Crippen molar-refractivity contribution < 1.29 is 14.6 Å². The summed E-state index contributed by atoms with van der Waals surface area (Å²) in [6, 6.07) is 8.34. The highest BCUT2D eigenvalue weighted by atomic mass is 16.5. The van der Waals surface area contributed by atoms with E-state index in [1.807, 2.05) is 19.1 Å². The summed E-state index contributed by atoms with van der Waals surface area (Å²) in [6.45, 7) is 4.80. The third-order valence-electron chi connectivity index (χ3n) is 8.91. The second-order valence-corrected chi connectivity index (χ2v) is 11.3. The third-order valence-corrected chi connectivity index (χ3v) is 8.91. The molecule has 0 aromatic heterocycles. The summed E-state index contributed by atoms with van der Waals surface area (Å²) in [5, 5.41) is 9.96. The maximum Gasteiger partial charge on any atom is 0.306 e. The molecule has 3 atom stereocenters. The van der Waals surface area contributed by atoms with Gasteiger partial charge in [0.15, 0.2) is 0 Å². The van der Waals surface area contributed by atoms with E-state index in [1.165, 1.54) is 95.7 Å². The van der Waals surface area contributed by atoms with Crippen LogP contribution in [0.4, 0.5) is 0 Å². The van der Waals surface area contributed by atoms with Gasteiger partial charge in [-0.3, -0.25) is 9.69 Å². The van der Waals surface area contributed by atoms with Gasteiger partial charge >= 0.3 is 5.97 Å². The first kappa shape index (κ1) is 25.5. The standard InChI is InChI=1S/C30H47NO3/c1-2-34-29(33)20-26-14-9-15-28(30(26)25-16-18-27(32)19-17-25)31(21-23-10-5-3-6-11-23)22-24-12-7-4-8-13-24/h16-19,23-24,26,28,30,32H,2-15,20-22H2,1H3/t26-,28-,30-/m1/s1. The molecule has 4 nitrogen and oxygen atoms in total. The van der Waals surface area contributed by atoms with Crippen molar-refractivity contribution >= 4 is 5.97 Å². The zero-order valence-corrected chi connectivity index (χ0v) is 21.4. The van der Waals surface area contributed by atoms with Gasteiger partial charge in [0.05, 0.1) is 6.61 Å². The zero-order chi connectivity index (χ0) is 23.8. The minimum absolute atomic E-state index is 0.0527. The van der Waals surface area contributed by atoms with Gasteiger partial charge in [-0.1, -0.05) is 57.1 Å². The molecule has 0 heterocycles. The van der Waals surface area contributed by atoms with Crippen molar-refractivity contribution in [2.45, 2.75) is 109 Å². The predicted octanol–water partition coefficient (Wildman–Crippen LogP) is 7.06. The first-order chi connectivity index (χ1) is 16.6.